The van der Waals surface area contributed by atoms with E-state index in [1.807, 2.05) is 13.8 Å². The minimum atomic E-state index is -0.191. The first-order valence-corrected chi connectivity index (χ1v) is 4.75. The molecule has 6 heteroatoms. The lowest BCUT2D eigenvalue weighted by Crippen LogP contribution is -2.22. The molecule has 2 aromatic rings. The van der Waals surface area contributed by atoms with Gasteiger partial charge in [-0.2, -0.15) is 10.2 Å². The van der Waals surface area contributed by atoms with Gasteiger partial charge in [-0.1, -0.05) is 13.8 Å². The van der Waals surface area contributed by atoms with Crippen LogP contribution < -0.4 is 11.3 Å². The molecule has 0 unspecified atom stereocenters. The Labute approximate surface area is 87.3 Å². The van der Waals surface area contributed by atoms with E-state index in [1.54, 1.807) is 20.3 Å². The van der Waals surface area contributed by atoms with Crippen LogP contribution in [0, 0.1) is 0 Å². The van der Waals surface area contributed by atoms with Crippen molar-refractivity contribution in [3.05, 3.63) is 16.6 Å². The Morgan fingerprint density at radius 1 is 1.27 bits per heavy atom. The minimum absolute atomic E-state index is 0.191. The number of nitrogens with two attached hydrogens (primary N) is 1. The van der Waals surface area contributed by atoms with Crippen molar-refractivity contribution >= 4 is 16.7 Å². The van der Waals surface area contributed by atoms with E-state index >= 15 is 0 Å². The zero-order chi connectivity index (χ0) is 11.6. The fourth-order valence-electron chi connectivity index (χ4n) is 1.29. The van der Waals surface area contributed by atoms with Gasteiger partial charge in [0.05, 0.1) is 11.6 Å². The number of aryl methyl sites for hydroxylation is 2. The molecule has 0 bridgehead atoms. The fourth-order valence-corrected chi connectivity index (χ4v) is 1.29. The molecule has 6 nitrogen and oxygen atoms in total. The van der Waals surface area contributed by atoms with E-state index in [0.717, 1.165) is 0 Å². The summed E-state index contributed by atoms with van der Waals surface area (Å²) in [6.45, 7) is 4.00. The topological polar surface area (TPSA) is 78.7 Å². The van der Waals surface area contributed by atoms with Gasteiger partial charge in [-0.25, -0.2) is 4.68 Å². The number of rotatable bonds is 0. The summed E-state index contributed by atoms with van der Waals surface area (Å²) in [6.07, 6.45) is 1.54. The third-order valence-corrected chi connectivity index (χ3v) is 1.97. The number of anilines is 1. The molecule has 0 radical (unpaired) electrons. The van der Waals surface area contributed by atoms with Crippen molar-refractivity contribution in [2.75, 3.05) is 5.73 Å². The molecular formula is C9H15N5O. The highest BCUT2D eigenvalue weighted by Gasteiger charge is 2.09. The van der Waals surface area contributed by atoms with Crippen LogP contribution in [0.25, 0.3) is 10.9 Å². The highest BCUT2D eigenvalue weighted by Crippen LogP contribution is 2.12. The van der Waals surface area contributed by atoms with E-state index in [4.69, 9.17) is 5.73 Å². The molecule has 2 N–H and O–H groups in total. The van der Waals surface area contributed by atoms with Gasteiger partial charge in [0.15, 0.2) is 5.82 Å². The number of hydrogen-bond acceptors (Lipinski definition) is 4. The van der Waals surface area contributed by atoms with E-state index in [9.17, 15) is 4.79 Å². The van der Waals surface area contributed by atoms with Gasteiger partial charge in [-0.05, 0) is 0 Å². The van der Waals surface area contributed by atoms with Crippen LogP contribution in [0.15, 0.2) is 11.0 Å². The summed E-state index contributed by atoms with van der Waals surface area (Å²) >= 11 is 0. The first-order chi connectivity index (χ1) is 7.11. The quantitative estimate of drug-likeness (QED) is 0.675. The smallest absolute Gasteiger partial charge is 0.292 e. The summed E-state index contributed by atoms with van der Waals surface area (Å²) in [4.78, 5) is 11.5. The van der Waals surface area contributed by atoms with E-state index < -0.39 is 0 Å². The number of nitrogen functional groups attached to an aromatic ring is 1. The Balaban J connectivity index is 0.000000531. The van der Waals surface area contributed by atoms with Crippen LogP contribution in [0.4, 0.5) is 5.82 Å². The van der Waals surface area contributed by atoms with Crippen molar-refractivity contribution in [1.82, 2.24) is 19.6 Å². The van der Waals surface area contributed by atoms with Crippen LogP contribution in [-0.4, -0.2) is 19.6 Å². The zero-order valence-corrected chi connectivity index (χ0v) is 9.35. The lowest BCUT2D eigenvalue weighted by Gasteiger charge is -1.99. The second-order valence-corrected chi connectivity index (χ2v) is 2.84. The summed E-state index contributed by atoms with van der Waals surface area (Å²) in [5.74, 6) is 0.324. The van der Waals surface area contributed by atoms with Crippen LogP contribution in [0.2, 0.25) is 0 Å². The molecule has 0 saturated carbocycles. The Morgan fingerprint density at radius 3 is 2.47 bits per heavy atom. The van der Waals surface area contributed by atoms with E-state index in [-0.39, 0.29) is 5.56 Å². The van der Waals surface area contributed by atoms with Crippen LogP contribution in [0.3, 0.4) is 0 Å². The Morgan fingerprint density at radius 2 is 1.87 bits per heavy atom. The second-order valence-electron chi connectivity index (χ2n) is 2.84. The van der Waals surface area contributed by atoms with Gasteiger partial charge in [-0.3, -0.25) is 9.48 Å². The molecule has 0 aliphatic rings. The number of aromatic nitrogens is 4. The lowest BCUT2D eigenvalue weighted by atomic mass is 10.3. The maximum atomic E-state index is 11.5. The van der Waals surface area contributed by atoms with E-state index in [2.05, 4.69) is 10.2 Å². The molecule has 0 aliphatic carbocycles. The van der Waals surface area contributed by atoms with Crippen LogP contribution >= 0.6 is 0 Å². The van der Waals surface area contributed by atoms with Crippen molar-refractivity contribution in [2.24, 2.45) is 14.1 Å². The predicted octanol–water partition coefficient (Wildman–Crippen LogP) is 0.275. The molecule has 2 rings (SSSR count). The maximum Gasteiger partial charge on any atom is 0.292 e. The zero-order valence-electron chi connectivity index (χ0n) is 9.35. The summed E-state index contributed by atoms with van der Waals surface area (Å²) < 4.78 is 2.70. The molecule has 2 aromatic heterocycles. The molecule has 0 aromatic carbocycles. The van der Waals surface area contributed by atoms with Crippen molar-refractivity contribution in [1.29, 1.82) is 0 Å². The highest BCUT2D eigenvalue weighted by atomic mass is 16.1. The van der Waals surface area contributed by atoms with Gasteiger partial charge >= 0.3 is 0 Å². The SMILES string of the molecule is CC.Cn1nc(N)c2cnn(C)c2c1=O. The van der Waals surface area contributed by atoms with E-state index in [1.165, 1.54) is 9.36 Å². The van der Waals surface area contributed by atoms with Crippen molar-refractivity contribution < 1.29 is 0 Å². The van der Waals surface area contributed by atoms with Crippen molar-refractivity contribution in [3.63, 3.8) is 0 Å². The molecule has 0 amide bonds. The van der Waals surface area contributed by atoms with Gasteiger partial charge < -0.3 is 5.73 Å². The normalized spacial score (nSPS) is 9.87. The Hall–Kier alpha value is -1.85. The molecule has 2 heterocycles. The number of hydrogen-bond donors (Lipinski definition) is 1. The van der Waals surface area contributed by atoms with Crippen LogP contribution in [-0.2, 0) is 14.1 Å². The summed E-state index contributed by atoms with van der Waals surface area (Å²) in [5, 5.41) is 8.39. The average Bonchev–Trinajstić information content (AvgIpc) is 2.61. The third-order valence-electron chi connectivity index (χ3n) is 1.97. The first-order valence-electron chi connectivity index (χ1n) is 4.75. The predicted molar refractivity (Wildman–Crippen MR) is 59.5 cm³/mol. The summed E-state index contributed by atoms with van der Waals surface area (Å²) in [7, 11) is 3.26. The highest BCUT2D eigenvalue weighted by molar-refractivity contribution is 5.86. The molecule has 0 fully saturated rings. The molecule has 15 heavy (non-hydrogen) atoms. The molecule has 0 saturated heterocycles. The van der Waals surface area contributed by atoms with Gasteiger partial charge in [0.25, 0.3) is 5.56 Å². The monoisotopic (exact) mass is 209 g/mol. The largest absolute Gasteiger partial charge is 0.382 e. The Kier molecular flexibility index (Phi) is 3.08. The first kappa shape index (κ1) is 11.2. The van der Waals surface area contributed by atoms with Crippen LogP contribution in [0.5, 0.6) is 0 Å². The maximum absolute atomic E-state index is 11.5. The molecular weight excluding hydrogens is 194 g/mol. The molecule has 0 atom stereocenters. The Bertz CT molecular complexity index is 525. The molecule has 0 spiro atoms. The van der Waals surface area contributed by atoms with Gasteiger partial charge in [-0.15, -0.1) is 0 Å². The van der Waals surface area contributed by atoms with Crippen LogP contribution in [0.1, 0.15) is 13.8 Å². The minimum Gasteiger partial charge on any atom is -0.382 e. The average molecular weight is 209 g/mol. The number of fused-ring (bicyclic) bond motifs is 1. The second kappa shape index (κ2) is 4.12. The van der Waals surface area contributed by atoms with E-state index in [0.29, 0.717) is 16.7 Å². The molecule has 82 valence electrons. The van der Waals surface area contributed by atoms with Gasteiger partial charge in [0, 0.05) is 14.1 Å². The number of nitrogens with zero attached hydrogens (tertiary/aromatic N) is 4. The lowest BCUT2D eigenvalue weighted by molar-refractivity contribution is 0.709. The van der Waals surface area contributed by atoms with Gasteiger partial charge in [0.2, 0.25) is 0 Å². The van der Waals surface area contributed by atoms with Crippen molar-refractivity contribution in [2.45, 2.75) is 13.8 Å². The summed E-state index contributed by atoms with van der Waals surface area (Å²) in [6, 6.07) is 0. The standard InChI is InChI=1S/C7H9N5O.C2H6/c1-11-5-4(3-9-11)6(8)10-12(2)7(5)13;1-2/h3H,1-2H3,(H2,8,10);1-2H3. The van der Waals surface area contributed by atoms with Crippen molar-refractivity contribution in [3.8, 4) is 0 Å². The molecule has 0 aliphatic heterocycles. The van der Waals surface area contributed by atoms with Gasteiger partial charge in [0.1, 0.15) is 5.52 Å². The fraction of sp³-hybridized carbons (Fsp3) is 0.444. The third kappa shape index (κ3) is 1.70. The summed E-state index contributed by atoms with van der Waals surface area (Å²) in [5.41, 5.74) is 5.91.